The fraction of sp³-hybridized carbons (Fsp3) is 0.500. The van der Waals surface area contributed by atoms with Gasteiger partial charge in [-0.05, 0) is 55.2 Å². The molecule has 1 aliphatic heterocycles. The highest BCUT2D eigenvalue weighted by atomic mass is 16.6. The van der Waals surface area contributed by atoms with Crippen LogP contribution in [0.25, 0.3) is 0 Å². The van der Waals surface area contributed by atoms with Crippen molar-refractivity contribution in [1.82, 2.24) is 0 Å². The van der Waals surface area contributed by atoms with E-state index in [0.717, 1.165) is 6.42 Å². The minimum absolute atomic E-state index is 0.0332. The molecule has 0 saturated heterocycles. The number of rotatable bonds is 3. The molecule has 1 atom stereocenters. The van der Waals surface area contributed by atoms with E-state index in [1.54, 1.807) is 18.2 Å². The number of ketones is 1. The Morgan fingerprint density at radius 1 is 0.727 bits per heavy atom. The predicted octanol–water partition coefficient (Wildman–Crippen LogP) is 4.66. The third kappa shape index (κ3) is 7.65. The average Bonchev–Trinajstić information content (AvgIpc) is 2.82. The molecule has 1 heterocycles. The van der Waals surface area contributed by atoms with Crippen molar-refractivity contribution in [3.8, 4) is 23.0 Å². The minimum Gasteiger partial charge on any atom is -0.487 e. The summed E-state index contributed by atoms with van der Waals surface area (Å²) in [4.78, 5) is 11.7. The smallest absolute Gasteiger partial charge is 0.162 e. The second-order valence-electron chi connectivity index (χ2n) is 7.85. The fourth-order valence-corrected chi connectivity index (χ4v) is 3.30. The Morgan fingerprint density at radius 2 is 1.21 bits per heavy atom. The van der Waals surface area contributed by atoms with E-state index in [9.17, 15) is 4.79 Å². The van der Waals surface area contributed by atoms with Gasteiger partial charge in [0.1, 0.15) is 26.4 Å². The van der Waals surface area contributed by atoms with Crippen molar-refractivity contribution in [2.75, 3.05) is 52.9 Å². The molecule has 180 valence electrons. The van der Waals surface area contributed by atoms with Crippen LogP contribution in [0, 0.1) is 0 Å². The maximum atomic E-state index is 11.7. The molecule has 0 aliphatic carbocycles. The largest absolute Gasteiger partial charge is 0.487 e. The number of fused-ring (bicyclic) bond motifs is 2. The van der Waals surface area contributed by atoms with Gasteiger partial charge in [0, 0.05) is 5.56 Å². The Labute approximate surface area is 195 Å². The number of carbonyl (C=O) groups is 1. The van der Waals surface area contributed by atoms with E-state index in [4.69, 9.17) is 28.4 Å². The molecule has 0 unspecified atom stereocenters. The summed E-state index contributed by atoms with van der Waals surface area (Å²) in [6.45, 7) is 8.97. The van der Waals surface area contributed by atoms with Gasteiger partial charge in [0.25, 0.3) is 0 Å². The van der Waals surface area contributed by atoms with Gasteiger partial charge in [0.05, 0.1) is 26.4 Å². The molecule has 7 nitrogen and oxygen atoms in total. The molecule has 0 amide bonds. The monoisotopic (exact) mass is 458 g/mol. The van der Waals surface area contributed by atoms with Crippen LogP contribution in [0.3, 0.4) is 0 Å². The Kier molecular flexibility index (Phi) is 9.84. The Morgan fingerprint density at radius 3 is 1.73 bits per heavy atom. The lowest BCUT2D eigenvalue weighted by molar-refractivity contribution is 0.0639. The Hall–Kier alpha value is -2.77. The highest BCUT2D eigenvalue weighted by Crippen LogP contribution is 2.32. The summed E-state index contributed by atoms with van der Waals surface area (Å²) in [5, 5.41) is 0. The number of hydrogen-bond acceptors (Lipinski definition) is 7. The van der Waals surface area contributed by atoms with Crippen LogP contribution in [-0.2, 0) is 9.47 Å². The summed E-state index contributed by atoms with van der Waals surface area (Å²) in [5.74, 6) is 2.89. The summed E-state index contributed by atoms with van der Waals surface area (Å²) in [6.07, 6.45) is 1.05. The standard InChI is InChI=1S/C26H34O7/c1-4-19(2)21-5-7-23-25(17-21)32-15-11-28-10-14-31-24-8-6-22(20(3)27)18-26(24)33-16-12-29-9-13-30-23/h5-8,17-19H,4,9-16H2,1-3H3/t19-/m0/s1. The third-order valence-electron chi connectivity index (χ3n) is 5.44. The van der Waals surface area contributed by atoms with Crippen LogP contribution in [-0.4, -0.2) is 58.6 Å². The lowest BCUT2D eigenvalue weighted by atomic mass is 9.98. The maximum Gasteiger partial charge on any atom is 0.162 e. The van der Waals surface area contributed by atoms with E-state index < -0.39 is 0 Å². The summed E-state index contributed by atoms with van der Waals surface area (Å²) in [6, 6.07) is 11.2. The number of Topliss-reactive ketones (excluding diaryl/α,β-unsaturated/α-hetero) is 1. The molecule has 0 bridgehead atoms. The number of ether oxygens (including phenoxy) is 6. The molecule has 0 N–H and O–H groups in total. The van der Waals surface area contributed by atoms with Gasteiger partial charge in [-0.3, -0.25) is 4.79 Å². The number of hydrogen-bond donors (Lipinski definition) is 0. The first kappa shape index (κ1) is 24.9. The molecule has 0 saturated carbocycles. The number of benzene rings is 2. The zero-order chi connectivity index (χ0) is 23.5. The van der Waals surface area contributed by atoms with E-state index in [1.807, 2.05) is 12.1 Å². The fourth-order valence-electron chi connectivity index (χ4n) is 3.30. The highest BCUT2D eigenvalue weighted by Gasteiger charge is 2.12. The summed E-state index contributed by atoms with van der Waals surface area (Å²) < 4.78 is 34.8. The number of carbonyl (C=O) groups excluding carboxylic acids is 1. The second-order valence-corrected chi connectivity index (χ2v) is 7.85. The van der Waals surface area contributed by atoms with Crippen molar-refractivity contribution in [3.05, 3.63) is 47.5 Å². The highest BCUT2D eigenvalue weighted by molar-refractivity contribution is 5.94. The first-order valence-electron chi connectivity index (χ1n) is 11.5. The second kappa shape index (κ2) is 13.1. The average molecular weight is 459 g/mol. The van der Waals surface area contributed by atoms with Crippen LogP contribution in [0.2, 0.25) is 0 Å². The van der Waals surface area contributed by atoms with Crippen LogP contribution < -0.4 is 18.9 Å². The molecule has 0 aromatic heterocycles. The van der Waals surface area contributed by atoms with E-state index in [1.165, 1.54) is 12.5 Å². The normalized spacial score (nSPS) is 16.8. The van der Waals surface area contributed by atoms with E-state index >= 15 is 0 Å². The molecule has 33 heavy (non-hydrogen) atoms. The molecule has 7 heteroatoms. The first-order chi connectivity index (χ1) is 16.1. The molecule has 0 radical (unpaired) electrons. The van der Waals surface area contributed by atoms with Crippen molar-refractivity contribution in [1.29, 1.82) is 0 Å². The minimum atomic E-state index is -0.0332. The Balaban J connectivity index is 1.64. The van der Waals surface area contributed by atoms with E-state index in [2.05, 4.69) is 19.9 Å². The summed E-state index contributed by atoms with van der Waals surface area (Å²) >= 11 is 0. The van der Waals surface area contributed by atoms with Crippen LogP contribution in [0.4, 0.5) is 0 Å². The zero-order valence-electron chi connectivity index (χ0n) is 19.8. The zero-order valence-corrected chi connectivity index (χ0v) is 19.8. The van der Waals surface area contributed by atoms with Gasteiger partial charge in [-0.15, -0.1) is 0 Å². The molecule has 0 fully saturated rings. The van der Waals surface area contributed by atoms with Crippen LogP contribution in [0.5, 0.6) is 23.0 Å². The maximum absolute atomic E-state index is 11.7. The molecule has 3 rings (SSSR count). The van der Waals surface area contributed by atoms with Crippen molar-refractivity contribution in [3.63, 3.8) is 0 Å². The van der Waals surface area contributed by atoms with Gasteiger partial charge in [0.2, 0.25) is 0 Å². The van der Waals surface area contributed by atoms with Gasteiger partial charge >= 0.3 is 0 Å². The first-order valence-corrected chi connectivity index (χ1v) is 11.5. The van der Waals surface area contributed by atoms with Crippen molar-refractivity contribution in [2.45, 2.75) is 33.1 Å². The van der Waals surface area contributed by atoms with Gasteiger partial charge in [0.15, 0.2) is 28.8 Å². The van der Waals surface area contributed by atoms with Gasteiger partial charge in [-0.2, -0.15) is 0 Å². The summed E-state index contributed by atoms with van der Waals surface area (Å²) in [7, 11) is 0. The van der Waals surface area contributed by atoms with Gasteiger partial charge < -0.3 is 28.4 Å². The molecular weight excluding hydrogens is 424 g/mol. The topological polar surface area (TPSA) is 72.5 Å². The summed E-state index contributed by atoms with van der Waals surface area (Å²) in [5.41, 5.74) is 1.79. The van der Waals surface area contributed by atoms with E-state index in [-0.39, 0.29) is 5.78 Å². The molecular formula is C26H34O7. The molecule has 0 spiro atoms. The van der Waals surface area contributed by atoms with Crippen molar-refractivity contribution >= 4 is 5.78 Å². The lowest BCUT2D eigenvalue weighted by Gasteiger charge is -2.17. The van der Waals surface area contributed by atoms with Crippen molar-refractivity contribution in [2.24, 2.45) is 0 Å². The SMILES string of the molecule is CC[C@H](C)c1ccc2c(c1)OCCOCCOc1ccc(C(C)=O)cc1OCCOCCO2. The quantitative estimate of drug-likeness (QED) is 0.619. The third-order valence-corrected chi connectivity index (χ3v) is 5.44. The van der Waals surface area contributed by atoms with E-state index in [0.29, 0.717) is 87.3 Å². The molecule has 2 aromatic carbocycles. The predicted molar refractivity (Wildman–Crippen MR) is 125 cm³/mol. The molecule has 2 aromatic rings. The van der Waals surface area contributed by atoms with Crippen LogP contribution >= 0.6 is 0 Å². The lowest BCUT2D eigenvalue weighted by Crippen LogP contribution is -2.15. The van der Waals surface area contributed by atoms with Crippen LogP contribution in [0.1, 0.15) is 49.0 Å². The van der Waals surface area contributed by atoms with Gasteiger partial charge in [-0.25, -0.2) is 0 Å². The van der Waals surface area contributed by atoms with Crippen LogP contribution in [0.15, 0.2) is 36.4 Å². The molecule has 1 aliphatic rings. The van der Waals surface area contributed by atoms with Gasteiger partial charge in [-0.1, -0.05) is 19.9 Å². The Bertz CT molecular complexity index is 896. The van der Waals surface area contributed by atoms with Crippen molar-refractivity contribution < 1.29 is 33.2 Å².